The van der Waals surface area contributed by atoms with E-state index >= 15 is 0 Å². The summed E-state index contributed by atoms with van der Waals surface area (Å²) in [5.74, 6) is -2.83. The van der Waals surface area contributed by atoms with Crippen LogP contribution in [0, 0.1) is 17.8 Å². The highest BCUT2D eigenvalue weighted by Crippen LogP contribution is 2.36. The molecule has 3 amide bonds. The van der Waals surface area contributed by atoms with Gasteiger partial charge in [0.25, 0.3) is 5.91 Å². The molecule has 4 rings (SSSR count). The van der Waals surface area contributed by atoms with Crippen LogP contribution in [0.5, 0.6) is 0 Å². The fraction of sp³-hybridized carbons (Fsp3) is 0.686. The lowest BCUT2D eigenvalue weighted by Crippen LogP contribution is -2.57. The molecule has 1 aliphatic carbocycles. The van der Waals surface area contributed by atoms with Crippen molar-refractivity contribution in [2.45, 2.75) is 116 Å². The first-order valence-electron chi connectivity index (χ1n) is 17.6. The first-order valence-corrected chi connectivity index (χ1v) is 19.4. The van der Waals surface area contributed by atoms with Crippen LogP contribution in [0.3, 0.4) is 0 Å². The molecule has 3 heterocycles. The molecule has 1 saturated heterocycles. The molecule has 2 aromatic rings. The van der Waals surface area contributed by atoms with Gasteiger partial charge in [0.05, 0.1) is 17.0 Å². The number of likely N-dealkylation sites (N-methyl/N-ethyl adjacent to an activating group) is 2. The van der Waals surface area contributed by atoms with Crippen LogP contribution in [0.2, 0.25) is 0 Å². The van der Waals surface area contributed by atoms with Gasteiger partial charge in [0.15, 0.2) is 6.10 Å². The van der Waals surface area contributed by atoms with E-state index in [1.165, 1.54) is 29.6 Å². The summed E-state index contributed by atoms with van der Waals surface area (Å²) in [5.41, 5.74) is 0.125. The van der Waals surface area contributed by atoms with Gasteiger partial charge in [-0.1, -0.05) is 34.1 Å². The van der Waals surface area contributed by atoms with E-state index in [-0.39, 0.29) is 54.3 Å². The fourth-order valence-electron chi connectivity index (χ4n) is 6.69. The molecule has 2 aromatic heterocycles. The minimum absolute atomic E-state index is 0.0305. The normalized spacial score (nSPS) is 19.5. The largest absolute Gasteiger partial charge is 0.481 e. The van der Waals surface area contributed by atoms with E-state index in [1.54, 1.807) is 30.4 Å². The molecule has 50 heavy (non-hydrogen) atoms. The number of piperidine rings is 1. The van der Waals surface area contributed by atoms with Gasteiger partial charge in [0, 0.05) is 55.9 Å². The quantitative estimate of drug-likeness (QED) is 0.188. The molecule has 0 spiro atoms. The number of hydrogen-bond donors (Lipinski definition) is 3. The Hall–Kier alpha value is -3.43. The number of esters is 1. The van der Waals surface area contributed by atoms with Gasteiger partial charge in [-0.25, -0.2) is 9.97 Å². The molecule has 0 radical (unpaired) electrons. The zero-order valence-corrected chi connectivity index (χ0v) is 31.6. The second-order valence-electron chi connectivity index (χ2n) is 13.9. The van der Waals surface area contributed by atoms with Gasteiger partial charge in [-0.3, -0.25) is 28.9 Å². The van der Waals surface area contributed by atoms with Gasteiger partial charge in [-0.2, -0.15) is 0 Å². The Morgan fingerprint density at radius 2 is 1.82 bits per heavy atom. The Labute approximate surface area is 302 Å². The molecular formula is C35H52N6O7S2. The van der Waals surface area contributed by atoms with Crippen LogP contribution in [0.4, 0.5) is 0 Å². The highest BCUT2D eigenvalue weighted by Gasteiger charge is 2.42. The number of ether oxygens (including phenoxy) is 1. The number of amides is 3. The number of nitrogens with one attached hydrogen (secondary N) is 2. The van der Waals surface area contributed by atoms with Crippen LogP contribution in [0.1, 0.15) is 106 Å². The van der Waals surface area contributed by atoms with Crippen molar-refractivity contribution < 1.29 is 33.8 Å². The number of hydrogen-bond acceptors (Lipinski definition) is 11. The molecule has 13 nitrogen and oxygen atoms in total. The van der Waals surface area contributed by atoms with Crippen molar-refractivity contribution in [3.63, 3.8) is 0 Å². The van der Waals surface area contributed by atoms with Crippen molar-refractivity contribution >= 4 is 52.3 Å². The second kappa shape index (κ2) is 18.2. The molecule has 3 N–H and O–H groups in total. The Kier molecular flexibility index (Phi) is 14.3. The van der Waals surface area contributed by atoms with Gasteiger partial charge < -0.3 is 25.4 Å². The van der Waals surface area contributed by atoms with E-state index in [2.05, 4.69) is 32.4 Å². The topological polar surface area (TPSA) is 171 Å². The van der Waals surface area contributed by atoms with Gasteiger partial charge in [-0.15, -0.1) is 22.7 Å². The highest BCUT2D eigenvalue weighted by molar-refractivity contribution is 7.10. The Morgan fingerprint density at radius 3 is 2.42 bits per heavy atom. The van der Waals surface area contributed by atoms with Crippen LogP contribution in [0.15, 0.2) is 17.0 Å². The number of thiazole rings is 2. The third-order valence-electron chi connectivity index (χ3n) is 9.69. The molecule has 0 bridgehead atoms. The summed E-state index contributed by atoms with van der Waals surface area (Å²) in [6, 6.07) is -1.71. The van der Waals surface area contributed by atoms with Crippen LogP contribution < -0.4 is 10.6 Å². The zero-order valence-electron chi connectivity index (χ0n) is 29.9. The van der Waals surface area contributed by atoms with E-state index in [4.69, 9.17) is 4.74 Å². The summed E-state index contributed by atoms with van der Waals surface area (Å²) >= 11 is 2.61. The summed E-state index contributed by atoms with van der Waals surface area (Å²) in [5, 5.41) is 20.1. The van der Waals surface area contributed by atoms with Gasteiger partial charge in [-0.05, 0) is 57.0 Å². The number of aromatic nitrogens is 2. The number of nitrogens with zero attached hydrogens (tertiary/aromatic N) is 4. The lowest BCUT2D eigenvalue weighted by atomic mass is 9.95. The maximum atomic E-state index is 14.1. The number of carbonyl (C=O) groups excluding carboxylic acids is 4. The molecule has 2 aliphatic rings. The van der Waals surface area contributed by atoms with Crippen LogP contribution in [-0.4, -0.2) is 98.8 Å². The average molecular weight is 733 g/mol. The first kappa shape index (κ1) is 39.4. The third-order valence-corrected chi connectivity index (χ3v) is 11.4. The van der Waals surface area contributed by atoms with Crippen molar-refractivity contribution in [1.29, 1.82) is 0 Å². The Morgan fingerprint density at radius 1 is 1.08 bits per heavy atom. The lowest BCUT2D eigenvalue weighted by Gasteiger charge is -2.37. The summed E-state index contributed by atoms with van der Waals surface area (Å²) in [6.07, 6.45) is 6.25. The average Bonchev–Trinajstić information content (AvgIpc) is 3.55. The standard InChI is InChI=1S/C35H52N6O7S2/c1-7-41-14-9-8-10-26(41)32(44)39-30(23-11-12-23)34(45)40(6)27(20(2)3)18-28(48-22(5)42)33-38-25(19-50-33)31(43)37-24(16-21(4)35(46)47)17-29-36-13-15-49-29/h13,15,19-21,23-24,26-28,30H,7-12,14,16-18H2,1-6H3,(H,37,43)(H,39,44)(H,46,47)/t21-,24+,26+,27+,28+,30-/m0/s1. The smallest absolute Gasteiger partial charge is 0.306 e. The van der Waals surface area contributed by atoms with E-state index in [0.29, 0.717) is 11.4 Å². The van der Waals surface area contributed by atoms with E-state index in [1.807, 2.05) is 19.2 Å². The first-order chi connectivity index (χ1) is 23.8. The summed E-state index contributed by atoms with van der Waals surface area (Å²) < 4.78 is 5.75. The summed E-state index contributed by atoms with van der Waals surface area (Å²) in [7, 11) is 1.74. The Balaban J connectivity index is 1.48. The number of likely N-dealkylation sites (tertiary alicyclic amines) is 1. The number of rotatable bonds is 18. The minimum atomic E-state index is -0.954. The molecule has 1 saturated carbocycles. The van der Waals surface area contributed by atoms with Gasteiger partial charge in [0.2, 0.25) is 11.8 Å². The van der Waals surface area contributed by atoms with Crippen molar-refractivity contribution in [1.82, 2.24) is 30.4 Å². The van der Waals surface area contributed by atoms with Crippen LogP contribution in [0.25, 0.3) is 0 Å². The maximum Gasteiger partial charge on any atom is 0.306 e. The number of carbonyl (C=O) groups is 5. The lowest BCUT2D eigenvalue weighted by molar-refractivity contribution is -0.149. The molecule has 1 aliphatic heterocycles. The van der Waals surface area contributed by atoms with Gasteiger partial charge >= 0.3 is 11.9 Å². The molecule has 276 valence electrons. The predicted octanol–water partition coefficient (Wildman–Crippen LogP) is 4.30. The van der Waals surface area contributed by atoms with Crippen molar-refractivity contribution in [2.75, 3.05) is 20.1 Å². The highest BCUT2D eigenvalue weighted by atomic mass is 32.1. The number of aliphatic carboxylic acids is 1. The van der Waals surface area contributed by atoms with Crippen LogP contribution in [-0.2, 0) is 30.3 Å². The summed E-state index contributed by atoms with van der Waals surface area (Å²) in [6.45, 7) is 10.6. The van der Waals surface area contributed by atoms with Gasteiger partial charge in [0.1, 0.15) is 16.7 Å². The predicted molar refractivity (Wildman–Crippen MR) is 191 cm³/mol. The third kappa shape index (κ3) is 10.8. The maximum absolute atomic E-state index is 14.1. The summed E-state index contributed by atoms with van der Waals surface area (Å²) in [4.78, 5) is 77.5. The van der Waals surface area contributed by atoms with E-state index < -0.39 is 42.0 Å². The molecule has 0 aromatic carbocycles. The molecule has 6 atom stereocenters. The van der Waals surface area contributed by atoms with E-state index in [9.17, 15) is 29.1 Å². The van der Waals surface area contributed by atoms with Crippen molar-refractivity contribution in [2.24, 2.45) is 17.8 Å². The Bertz CT molecular complexity index is 1460. The van der Waals surface area contributed by atoms with Crippen molar-refractivity contribution in [3.8, 4) is 0 Å². The molecule has 2 fully saturated rings. The zero-order chi connectivity index (χ0) is 36.5. The molecule has 0 unspecified atom stereocenters. The van der Waals surface area contributed by atoms with Crippen molar-refractivity contribution in [3.05, 3.63) is 32.7 Å². The molecular weight excluding hydrogens is 681 g/mol. The monoisotopic (exact) mass is 732 g/mol. The number of carboxylic acid groups (broad SMARTS) is 1. The SMILES string of the molecule is CCN1CCCC[C@@H]1C(=O)N[C@H](C(=O)N(C)[C@H](C[C@@H](OC(C)=O)c1nc(C(=O)N[C@@H](Cc2nccs2)C[C@H](C)C(=O)O)cs1)C(C)C)C1CC1. The number of carboxylic acids is 1. The molecule has 15 heteroatoms. The second-order valence-corrected chi connectivity index (χ2v) is 15.8. The van der Waals surface area contributed by atoms with Crippen LogP contribution >= 0.6 is 22.7 Å². The minimum Gasteiger partial charge on any atom is -0.481 e. The fourth-order valence-corrected chi connectivity index (χ4v) is 8.23. The van der Waals surface area contributed by atoms with E-state index in [0.717, 1.165) is 50.2 Å².